The first-order chi connectivity index (χ1) is 36.9. The van der Waals surface area contributed by atoms with Gasteiger partial charge in [0, 0.05) is 62.2 Å². The molecule has 0 aliphatic carbocycles. The molecule has 428 valence electrons. The van der Waals surface area contributed by atoms with Gasteiger partial charge in [0.15, 0.2) is 10.9 Å². The average Bonchev–Trinajstić information content (AvgIpc) is 3.87. The van der Waals surface area contributed by atoms with Crippen LogP contribution in [0.1, 0.15) is 131 Å². The van der Waals surface area contributed by atoms with Crippen molar-refractivity contribution in [2.75, 3.05) is 121 Å². The molecule has 0 saturated carbocycles. The van der Waals surface area contributed by atoms with Crippen LogP contribution in [-0.4, -0.2) is 150 Å². The van der Waals surface area contributed by atoms with E-state index in [1.165, 1.54) is 11.3 Å². The van der Waals surface area contributed by atoms with Crippen LogP contribution in [0.4, 0.5) is 31.2 Å². The van der Waals surface area contributed by atoms with E-state index < -0.39 is 18.3 Å². The second-order valence-corrected chi connectivity index (χ2v) is 20.2. The monoisotopic (exact) mass is 1120 g/mol. The first kappa shape index (κ1) is 65.7. The van der Waals surface area contributed by atoms with Crippen molar-refractivity contribution in [2.24, 2.45) is 11.8 Å². The van der Waals surface area contributed by atoms with E-state index in [9.17, 15) is 19.2 Å². The second-order valence-electron chi connectivity index (χ2n) is 18.4. The normalized spacial score (nSPS) is 12.4. The Balaban J connectivity index is 1.17. The Morgan fingerprint density at radius 2 is 1.25 bits per heavy atom. The number of amides is 3. The first-order valence-electron chi connectivity index (χ1n) is 27.1. The molecule has 0 saturated heterocycles. The summed E-state index contributed by atoms with van der Waals surface area (Å²) in [6.45, 7) is 18.9. The average molecular weight is 1130 g/mol. The largest absolute Gasteiger partial charge is 0.450 e. The number of thiazole rings is 1. The first-order valence-corrected chi connectivity index (χ1v) is 28.8. The third kappa shape index (κ3) is 28.2. The van der Waals surface area contributed by atoms with Crippen molar-refractivity contribution >= 4 is 75.4 Å². The number of hydrogen-bond donors (Lipinski definition) is 4. The van der Waals surface area contributed by atoms with Gasteiger partial charge < -0.3 is 59.3 Å². The summed E-state index contributed by atoms with van der Waals surface area (Å²) < 4.78 is 37.4. The molecule has 76 heavy (non-hydrogen) atoms. The summed E-state index contributed by atoms with van der Waals surface area (Å²) in [5.74, 6) is 3.09. The summed E-state index contributed by atoms with van der Waals surface area (Å²) in [6.07, 6.45) is 9.93. The highest BCUT2D eigenvalue weighted by Gasteiger charge is 2.26. The number of nitrogens with zero attached hydrogens (tertiary/aromatic N) is 4. The van der Waals surface area contributed by atoms with Crippen molar-refractivity contribution in [1.29, 1.82) is 0 Å². The van der Waals surface area contributed by atoms with Crippen molar-refractivity contribution in [1.82, 2.24) is 30.9 Å². The maximum Gasteiger partial charge on any atom is 0.407 e. The third-order valence-electron chi connectivity index (χ3n) is 12.3. The molecule has 0 aliphatic rings. The number of aromatic nitrogens is 3. The van der Waals surface area contributed by atoms with Crippen LogP contribution in [0.15, 0.2) is 30.5 Å². The van der Waals surface area contributed by atoms with Gasteiger partial charge in [0.05, 0.1) is 63.9 Å². The lowest BCUT2D eigenvalue weighted by atomic mass is 9.88. The lowest BCUT2D eigenvalue weighted by molar-refractivity contribution is 0.0151. The topological polar surface area (TPSA) is 223 Å². The van der Waals surface area contributed by atoms with Crippen LogP contribution in [0, 0.1) is 25.7 Å². The van der Waals surface area contributed by atoms with Gasteiger partial charge in [0.25, 0.3) is 0 Å². The highest BCUT2D eigenvalue weighted by Crippen LogP contribution is 2.35. The van der Waals surface area contributed by atoms with Crippen LogP contribution >= 0.6 is 34.5 Å². The zero-order valence-corrected chi connectivity index (χ0v) is 48.2. The number of rotatable bonds is 43. The molecule has 0 spiro atoms. The predicted octanol–water partition coefficient (Wildman–Crippen LogP) is 10.8. The molecule has 3 amide bonds. The molecular weight excluding hydrogens is 1040 g/mol. The molecule has 22 heteroatoms. The lowest BCUT2D eigenvalue weighted by Crippen LogP contribution is -2.29. The van der Waals surface area contributed by atoms with Crippen LogP contribution in [0.2, 0.25) is 5.02 Å². The van der Waals surface area contributed by atoms with Gasteiger partial charge in [-0.05, 0) is 101 Å². The van der Waals surface area contributed by atoms with Gasteiger partial charge in [-0.2, -0.15) is 0 Å². The predicted molar refractivity (Wildman–Crippen MR) is 300 cm³/mol. The van der Waals surface area contributed by atoms with E-state index in [0.717, 1.165) is 94.2 Å². The number of Topliss-reactive ketones (excluding diaryl/α,β-unsaturated/α-hetero) is 1. The number of anilines is 3. The van der Waals surface area contributed by atoms with Gasteiger partial charge in [-0.15, -0.1) is 11.6 Å². The number of halogens is 2. The van der Waals surface area contributed by atoms with E-state index in [1.54, 1.807) is 6.20 Å². The Morgan fingerprint density at radius 1 is 0.671 bits per heavy atom. The van der Waals surface area contributed by atoms with Crippen molar-refractivity contribution in [3.8, 4) is 0 Å². The molecular formula is C54H86Cl2N8O11S. The third-order valence-corrected chi connectivity index (χ3v) is 13.9. The fourth-order valence-electron chi connectivity index (χ4n) is 7.86. The van der Waals surface area contributed by atoms with Crippen molar-refractivity contribution in [3.05, 3.63) is 57.3 Å². The Bertz CT molecular complexity index is 2070. The molecule has 3 aromatic rings. The Hall–Kier alpha value is -4.57. The summed E-state index contributed by atoms with van der Waals surface area (Å²) in [5, 5.41) is 12.6. The standard InChI is InChI=1S/C54H86Cl2N8O11S/c1-7-25-64(48-38-47(61-43(6)62-48)63-51-60-39-46(76-51)50(65)44(8-2)49-42(5)17-16-18-45(49)56)26-19-40(3)41(4)20-28-73-52(66)57-22-13-11-14-23-58-53(67)74-36-34-71-32-33-72-35-37-75-54(68)59-24-29-70-31-30-69-27-15-10-9-12-21-55/h16-18,38-41,44H,7-15,19-37H2,1-6H3,(H,57,66)(H,58,67)(H,59,68)(H,60,61,62,63). The zero-order chi connectivity index (χ0) is 55.2. The summed E-state index contributed by atoms with van der Waals surface area (Å²) in [4.78, 5) is 66.6. The van der Waals surface area contributed by atoms with Crippen molar-refractivity contribution in [3.63, 3.8) is 0 Å². The van der Waals surface area contributed by atoms with E-state index in [-0.39, 0.29) is 38.1 Å². The van der Waals surface area contributed by atoms with Crippen LogP contribution in [0.3, 0.4) is 0 Å². The molecule has 3 atom stereocenters. The second kappa shape index (κ2) is 40.6. The minimum absolute atomic E-state index is 0.00507. The number of ketones is 1. The quantitative estimate of drug-likeness (QED) is 0.0179. The molecule has 0 bridgehead atoms. The number of carbonyl (C=O) groups excluding carboxylic acids is 4. The van der Waals surface area contributed by atoms with E-state index >= 15 is 0 Å². The van der Waals surface area contributed by atoms with E-state index in [1.807, 2.05) is 45.0 Å². The van der Waals surface area contributed by atoms with Gasteiger partial charge in [0.1, 0.15) is 30.7 Å². The molecule has 0 fully saturated rings. The Labute approximate surface area is 465 Å². The summed E-state index contributed by atoms with van der Waals surface area (Å²) in [6, 6.07) is 7.63. The highest BCUT2D eigenvalue weighted by atomic mass is 35.5. The number of alkyl halides is 1. The van der Waals surface area contributed by atoms with E-state index in [2.05, 4.69) is 56.9 Å². The number of unbranched alkanes of at least 4 members (excludes halogenated alkanes) is 5. The van der Waals surface area contributed by atoms with Crippen LogP contribution in [-0.2, 0) is 33.2 Å². The number of alkyl carbamates (subject to hydrolysis) is 3. The van der Waals surface area contributed by atoms with Crippen molar-refractivity contribution in [2.45, 2.75) is 118 Å². The van der Waals surface area contributed by atoms with Gasteiger partial charge in [0.2, 0.25) is 0 Å². The SMILES string of the molecule is CCCN(CCC(C)C(C)CCOC(=O)NCCCCCNC(=O)OCCOCCOCCOC(=O)NCCOCCOCCCCCCCl)c1cc(Nc2ncc(C(=O)C(CC)c3c(C)cccc3Cl)s2)nc(C)n1. The zero-order valence-electron chi connectivity index (χ0n) is 45.9. The maximum absolute atomic E-state index is 13.7. The number of ether oxygens (including phenoxy) is 7. The summed E-state index contributed by atoms with van der Waals surface area (Å²) in [5.41, 5.74) is 1.86. The van der Waals surface area contributed by atoms with Crippen LogP contribution in [0.25, 0.3) is 0 Å². The number of aryl methyl sites for hydroxylation is 2. The van der Waals surface area contributed by atoms with E-state index in [4.69, 9.17) is 61.3 Å². The molecule has 2 aromatic heterocycles. The minimum Gasteiger partial charge on any atom is -0.450 e. The van der Waals surface area contributed by atoms with Gasteiger partial charge in [-0.3, -0.25) is 4.79 Å². The molecule has 3 unspecified atom stereocenters. The van der Waals surface area contributed by atoms with Crippen LogP contribution in [0.5, 0.6) is 0 Å². The van der Waals surface area contributed by atoms with Gasteiger partial charge in [-0.1, -0.05) is 75.6 Å². The van der Waals surface area contributed by atoms with Crippen LogP contribution < -0.4 is 26.2 Å². The molecule has 19 nitrogen and oxygen atoms in total. The lowest BCUT2D eigenvalue weighted by Gasteiger charge is -2.27. The fourth-order valence-corrected chi connectivity index (χ4v) is 9.22. The minimum atomic E-state index is -0.540. The van der Waals surface area contributed by atoms with Gasteiger partial charge >= 0.3 is 18.3 Å². The highest BCUT2D eigenvalue weighted by molar-refractivity contribution is 7.17. The molecule has 2 heterocycles. The number of hydrogen-bond acceptors (Lipinski definition) is 17. The summed E-state index contributed by atoms with van der Waals surface area (Å²) in [7, 11) is 0. The van der Waals surface area contributed by atoms with Crippen molar-refractivity contribution < 1.29 is 52.3 Å². The number of carbonyl (C=O) groups is 4. The Morgan fingerprint density at radius 3 is 1.88 bits per heavy atom. The summed E-state index contributed by atoms with van der Waals surface area (Å²) >= 11 is 13.5. The maximum atomic E-state index is 13.7. The van der Waals surface area contributed by atoms with Gasteiger partial charge in [-0.25, -0.2) is 29.3 Å². The number of nitrogens with one attached hydrogen (secondary N) is 4. The molecule has 3 rings (SSSR count). The van der Waals surface area contributed by atoms with E-state index in [0.29, 0.717) is 117 Å². The molecule has 0 aliphatic heterocycles. The smallest absolute Gasteiger partial charge is 0.407 e. The molecule has 0 radical (unpaired) electrons. The molecule has 1 aromatic carbocycles. The number of benzene rings is 1. The fraction of sp³-hybridized carbons (Fsp3) is 0.685. The molecule has 4 N–H and O–H groups in total. The Kier molecular flexibility index (Phi) is 35.1.